The number of ether oxygens (including phenoxy) is 1. The van der Waals surface area contributed by atoms with Crippen LogP contribution in [0.3, 0.4) is 0 Å². The van der Waals surface area contributed by atoms with E-state index in [0.717, 1.165) is 12.2 Å². The summed E-state index contributed by atoms with van der Waals surface area (Å²) in [6.07, 6.45) is 1.66. The maximum Gasteiger partial charge on any atom is 0.330 e. The summed E-state index contributed by atoms with van der Waals surface area (Å²) < 4.78 is 14.7. The van der Waals surface area contributed by atoms with Crippen molar-refractivity contribution in [3.05, 3.63) is 12.2 Å². The van der Waals surface area contributed by atoms with Crippen molar-refractivity contribution >= 4 is 13.6 Å². The fraction of sp³-hybridized carbons (Fsp3) is 0.500. The molecule has 0 aromatic rings. The molecule has 0 radical (unpaired) electrons. The number of carbonyl (C=O) groups excluding carboxylic acids is 1. The molecule has 0 saturated carbocycles. The van der Waals surface area contributed by atoms with Gasteiger partial charge in [0.2, 0.25) is 0 Å². The van der Waals surface area contributed by atoms with E-state index >= 15 is 0 Å². The number of hydrogen-bond acceptors (Lipinski definition) is 3. The molecule has 0 amide bonds. The Morgan fingerprint density at radius 3 is 2.58 bits per heavy atom. The average molecular weight is 194 g/mol. The summed E-state index contributed by atoms with van der Waals surface area (Å²) in [6.45, 7) is 1.90. The zero-order valence-electron chi connectivity index (χ0n) is 6.64. The molecule has 0 saturated heterocycles. The standard InChI is InChI=1S/C6H11O5P/c1-2-11-6(7)4-3-5-12(8,9)10/h3-4H,2,5H2,1H3,(H2,8,9,10)/b4-3+. The minimum atomic E-state index is -4.04. The van der Waals surface area contributed by atoms with Crippen molar-refractivity contribution < 1.29 is 23.9 Å². The van der Waals surface area contributed by atoms with Crippen LogP contribution in [0.5, 0.6) is 0 Å². The normalized spacial score (nSPS) is 11.9. The van der Waals surface area contributed by atoms with Crippen molar-refractivity contribution in [3.8, 4) is 0 Å². The molecule has 0 aromatic carbocycles. The molecule has 0 unspecified atom stereocenters. The molecule has 0 heterocycles. The van der Waals surface area contributed by atoms with E-state index in [4.69, 9.17) is 9.79 Å². The fourth-order valence-electron chi connectivity index (χ4n) is 0.477. The van der Waals surface area contributed by atoms with Gasteiger partial charge in [0.1, 0.15) is 0 Å². The third kappa shape index (κ3) is 7.47. The molecule has 5 nitrogen and oxygen atoms in total. The fourth-order valence-corrected chi connectivity index (χ4v) is 0.857. The molecule has 0 spiro atoms. The van der Waals surface area contributed by atoms with Crippen molar-refractivity contribution in [1.29, 1.82) is 0 Å². The lowest BCUT2D eigenvalue weighted by Gasteiger charge is -1.97. The van der Waals surface area contributed by atoms with Crippen molar-refractivity contribution in [2.45, 2.75) is 6.92 Å². The van der Waals surface area contributed by atoms with Crippen LogP contribution in [0.15, 0.2) is 12.2 Å². The second-order valence-electron chi connectivity index (χ2n) is 2.00. The molecule has 0 fully saturated rings. The van der Waals surface area contributed by atoms with E-state index < -0.39 is 19.7 Å². The van der Waals surface area contributed by atoms with E-state index in [1.54, 1.807) is 6.92 Å². The quantitative estimate of drug-likeness (QED) is 0.381. The molecule has 0 bridgehead atoms. The summed E-state index contributed by atoms with van der Waals surface area (Å²) in [5.74, 6) is -0.592. The van der Waals surface area contributed by atoms with Gasteiger partial charge in [0.05, 0.1) is 12.8 Å². The summed E-state index contributed by atoms with van der Waals surface area (Å²) >= 11 is 0. The van der Waals surface area contributed by atoms with Gasteiger partial charge in [0, 0.05) is 6.08 Å². The highest BCUT2D eigenvalue weighted by Gasteiger charge is 2.09. The topological polar surface area (TPSA) is 83.8 Å². The largest absolute Gasteiger partial charge is 0.463 e. The summed E-state index contributed by atoms with van der Waals surface area (Å²) in [5, 5.41) is 0. The van der Waals surface area contributed by atoms with Crippen LogP contribution in [0.25, 0.3) is 0 Å². The number of rotatable bonds is 4. The first-order valence-electron chi connectivity index (χ1n) is 3.33. The Bertz CT molecular complexity index is 216. The smallest absolute Gasteiger partial charge is 0.330 e. The molecule has 6 heteroatoms. The van der Waals surface area contributed by atoms with E-state index in [0.29, 0.717) is 0 Å². The van der Waals surface area contributed by atoms with Gasteiger partial charge in [-0.2, -0.15) is 0 Å². The lowest BCUT2D eigenvalue weighted by Crippen LogP contribution is -1.99. The molecular weight excluding hydrogens is 183 g/mol. The average Bonchev–Trinajstić information content (AvgIpc) is 1.84. The van der Waals surface area contributed by atoms with Gasteiger partial charge in [-0.1, -0.05) is 6.08 Å². The number of carbonyl (C=O) groups is 1. The highest BCUT2D eigenvalue weighted by atomic mass is 31.2. The van der Waals surface area contributed by atoms with E-state index in [1.807, 2.05) is 0 Å². The molecule has 70 valence electrons. The molecule has 0 aliphatic heterocycles. The Morgan fingerprint density at radius 1 is 1.58 bits per heavy atom. The monoisotopic (exact) mass is 194 g/mol. The number of esters is 1. The van der Waals surface area contributed by atoms with Crippen molar-refractivity contribution in [3.63, 3.8) is 0 Å². The van der Waals surface area contributed by atoms with Crippen molar-refractivity contribution in [2.24, 2.45) is 0 Å². The first kappa shape index (κ1) is 11.4. The SMILES string of the molecule is CCOC(=O)/C=C/CP(=O)(O)O. The Morgan fingerprint density at radius 2 is 2.17 bits per heavy atom. The summed E-state index contributed by atoms with van der Waals surface area (Å²) in [6, 6.07) is 0. The molecule has 0 aliphatic rings. The van der Waals surface area contributed by atoms with Gasteiger partial charge in [-0.3, -0.25) is 4.57 Å². The highest BCUT2D eigenvalue weighted by Crippen LogP contribution is 2.33. The predicted molar refractivity (Wildman–Crippen MR) is 42.7 cm³/mol. The van der Waals surface area contributed by atoms with E-state index in [1.165, 1.54) is 0 Å². The van der Waals surface area contributed by atoms with Gasteiger partial charge in [-0.15, -0.1) is 0 Å². The van der Waals surface area contributed by atoms with Crippen LogP contribution in [0.4, 0.5) is 0 Å². The van der Waals surface area contributed by atoms with Gasteiger partial charge in [0.15, 0.2) is 0 Å². The third-order valence-corrected chi connectivity index (χ3v) is 1.57. The molecule has 0 aliphatic carbocycles. The first-order valence-corrected chi connectivity index (χ1v) is 5.13. The van der Waals surface area contributed by atoms with Crippen LogP contribution in [0, 0.1) is 0 Å². The van der Waals surface area contributed by atoms with E-state index in [2.05, 4.69) is 4.74 Å². The van der Waals surface area contributed by atoms with Crippen LogP contribution < -0.4 is 0 Å². The van der Waals surface area contributed by atoms with Gasteiger partial charge in [0.25, 0.3) is 0 Å². The van der Waals surface area contributed by atoms with Crippen LogP contribution in [0.1, 0.15) is 6.92 Å². The lowest BCUT2D eigenvalue weighted by molar-refractivity contribution is -0.137. The Balaban J connectivity index is 3.77. The van der Waals surface area contributed by atoms with Crippen LogP contribution >= 0.6 is 7.60 Å². The van der Waals surface area contributed by atoms with E-state index in [-0.39, 0.29) is 6.61 Å². The first-order chi connectivity index (χ1) is 5.45. The molecular formula is C6H11O5P. The predicted octanol–water partition coefficient (Wildman–Crippen LogP) is 0.283. The Kier molecular flexibility index (Phi) is 4.81. The number of hydrogen-bond donors (Lipinski definition) is 2. The van der Waals surface area contributed by atoms with Crippen LogP contribution in [-0.4, -0.2) is 28.5 Å². The lowest BCUT2D eigenvalue weighted by atomic mass is 10.5. The summed E-state index contributed by atoms with van der Waals surface area (Å²) in [5.41, 5.74) is 0. The number of allylic oxidation sites excluding steroid dienone is 1. The maximum absolute atomic E-state index is 10.6. The molecule has 2 N–H and O–H groups in total. The molecule has 0 aromatic heterocycles. The van der Waals surface area contributed by atoms with Gasteiger partial charge >= 0.3 is 13.6 Å². The van der Waals surface area contributed by atoms with Gasteiger partial charge in [-0.25, -0.2) is 4.79 Å². The second kappa shape index (κ2) is 5.09. The van der Waals surface area contributed by atoms with Crippen LogP contribution in [-0.2, 0) is 14.1 Å². The summed E-state index contributed by atoms with van der Waals surface area (Å²) in [7, 11) is -4.04. The molecule has 12 heavy (non-hydrogen) atoms. The third-order valence-electron chi connectivity index (χ3n) is 0.884. The zero-order chi connectivity index (χ0) is 9.61. The molecule has 0 atom stereocenters. The summed E-state index contributed by atoms with van der Waals surface area (Å²) in [4.78, 5) is 27.3. The zero-order valence-corrected chi connectivity index (χ0v) is 7.53. The minimum Gasteiger partial charge on any atom is -0.463 e. The van der Waals surface area contributed by atoms with Crippen molar-refractivity contribution in [1.82, 2.24) is 0 Å². The van der Waals surface area contributed by atoms with Gasteiger partial charge < -0.3 is 14.5 Å². The highest BCUT2D eigenvalue weighted by molar-refractivity contribution is 7.51. The van der Waals surface area contributed by atoms with Crippen molar-refractivity contribution in [2.75, 3.05) is 12.8 Å². The van der Waals surface area contributed by atoms with Gasteiger partial charge in [-0.05, 0) is 6.92 Å². The second-order valence-corrected chi connectivity index (χ2v) is 3.70. The Labute approximate surface area is 70.2 Å². The minimum absolute atomic E-state index is 0.249. The maximum atomic E-state index is 10.6. The van der Waals surface area contributed by atoms with Crippen LogP contribution in [0.2, 0.25) is 0 Å². The Hall–Kier alpha value is -0.640. The molecule has 0 rings (SSSR count). The van der Waals surface area contributed by atoms with E-state index in [9.17, 15) is 9.36 Å².